The molecule has 0 atom stereocenters. The molecule has 6 nitrogen and oxygen atoms in total. The normalized spacial score (nSPS) is 15.2. The summed E-state index contributed by atoms with van der Waals surface area (Å²) in [6.07, 6.45) is 0. The van der Waals surface area contributed by atoms with Gasteiger partial charge in [-0.1, -0.05) is 12.1 Å². The van der Waals surface area contributed by atoms with Crippen LogP contribution in [0.15, 0.2) is 18.2 Å². The highest BCUT2D eigenvalue weighted by Gasteiger charge is 2.45. The van der Waals surface area contributed by atoms with Crippen LogP contribution in [0.2, 0.25) is 0 Å². The molecule has 4 amide bonds. The first-order valence-corrected chi connectivity index (χ1v) is 7.22. The van der Waals surface area contributed by atoms with Gasteiger partial charge in [0.05, 0.1) is 6.54 Å². The molecular weight excluding hydrogens is 284 g/mol. The van der Waals surface area contributed by atoms with Crippen molar-refractivity contribution in [2.75, 3.05) is 13.2 Å². The second-order valence-electron chi connectivity index (χ2n) is 5.63. The van der Waals surface area contributed by atoms with E-state index in [4.69, 9.17) is 4.74 Å². The first-order valence-electron chi connectivity index (χ1n) is 7.22. The molecule has 0 N–H and O–H groups in total. The molecule has 1 aliphatic heterocycles. The van der Waals surface area contributed by atoms with Gasteiger partial charge in [-0.2, -0.15) is 0 Å². The highest BCUT2D eigenvalue weighted by atomic mass is 16.5. The summed E-state index contributed by atoms with van der Waals surface area (Å²) in [6.45, 7) is 7.48. The van der Waals surface area contributed by atoms with E-state index in [0.29, 0.717) is 5.75 Å². The van der Waals surface area contributed by atoms with Gasteiger partial charge in [0.15, 0.2) is 0 Å². The highest BCUT2D eigenvalue weighted by Crippen LogP contribution is 2.20. The second-order valence-corrected chi connectivity index (χ2v) is 5.63. The van der Waals surface area contributed by atoms with Gasteiger partial charge in [0, 0.05) is 6.04 Å². The lowest BCUT2D eigenvalue weighted by molar-refractivity contribution is -0.143. The van der Waals surface area contributed by atoms with Crippen LogP contribution >= 0.6 is 0 Å². The van der Waals surface area contributed by atoms with Crippen molar-refractivity contribution in [3.8, 4) is 5.75 Å². The smallest absolute Gasteiger partial charge is 0.334 e. The van der Waals surface area contributed by atoms with E-state index in [9.17, 15) is 14.4 Å². The average Bonchev–Trinajstić information content (AvgIpc) is 2.66. The molecule has 0 aliphatic carbocycles. The number of imide groups is 2. The summed E-state index contributed by atoms with van der Waals surface area (Å²) in [4.78, 5) is 37.6. The molecule has 1 heterocycles. The van der Waals surface area contributed by atoms with Crippen LogP contribution in [0.25, 0.3) is 0 Å². The molecular formula is C16H20N2O4. The van der Waals surface area contributed by atoms with Crippen LogP contribution < -0.4 is 4.74 Å². The third kappa shape index (κ3) is 2.95. The zero-order valence-electron chi connectivity index (χ0n) is 13.3. The lowest BCUT2D eigenvalue weighted by Gasteiger charge is -2.18. The number of hydrogen-bond donors (Lipinski definition) is 0. The Kier molecular flexibility index (Phi) is 4.49. The van der Waals surface area contributed by atoms with E-state index in [2.05, 4.69) is 0 Å². The van der Waals surface area contributed by atoms with E-state index >= 15 is 0 Å². The molecule has 1 aromatic carbocycles. The summed E-state index contributed by atoms with van der Waals surface area (Å²) in [5.41, 5.74) is 2.04. The van der Waals surface area contributed by atoms with Crippen molar-refractivity contribution in [3.05, 3.63) is 29.3 Å². The lowest BCUT2D eigenvalue weighted by Crippen LogP contribution is -2.39. The molecule has 1 saturated heterocycles. The number of hydrogen-bond acceptors (Lipinski definition) is 4. The Morgan fingerprint density at radius 1 is 1.09 bits per heavy atom. The topological polar surface area (TPSA) is 66.9 Å². The fourth-order valence-corrected chi connectivity index (χ4v) is 2.28. The van der Waals surface area contributed by atoms with Crippen LogP contribution in [0.3, 0.4) is 0 Å². The average molecular weight is 304 g/mol. The molecule has 0 radical (unpaired) electrons. The number of ether oxygens (including phenoxy) is 1. The third-order valence-electron chi connectivity index (χ3n) is 3.52. The predicted molar refractivity (Wildman–Crippen MR) is 80.5 cm³/mol. The van der Waals surface area contributed by atoms with Crippen LogP contribution in [-0.4, -0.2) is 46.8 Å². The zero-order chi connectivity index (χ0) is 16.4. The number of carbonyl (C=O) groups is 3. The zero-order valence-corrected chi connectivity index (χ0v) is 13.3. The van der Waals surface area contributed by atoms with Crippen molar-refractivity contribution in [1.29, 1.82) is 0 Å². The minimum atomic E-state index is -0.789. The molecule has 6 heteroatoms. The fourth-order valence-electron chi connectivity index (χ4n) is 2.28. The number of nitrogens with zero attached hydrogens (tertiary/aromatic N) is 2. The van der Waals surface area contributed by atoms with E-state index in [-0.39, 0.29) is 19.2 Å². The largest absolute Gasteiger partial charge is 0.491 e. The van der Waals surface area contributed by atoms with Gasteiger partial charge in [-0.3, -0.25) is 19.4 Å². The minimum absolute atomic E-state index is 0.0556. The van der Waals surface area contributed by atoms with Crippen molar-refractivity contribution < 1.29 is 19.1 Å². The second kappa shape index (κ2) is 6.17. The number of carbonyl (C=O) groups excluding carboxylic acids is 3. The Labute approximate surface area is 129 Å². The fraction of sp³-hybridized carbons (Fsp3) is 0.438. The van der Waals surface area contributed by atoms with E-state index in [0.717, 1.165) is 20.9 Å². The molecule has 0 saturated carbocycles. The SMILES string of the molecule is Cc1ccc(C)c(OCCN2C(=O)C(=O)N(C(C)C)C2=O)c1. The van der Waals surface area contributed by atoms with Crippen molar-refractivity contribution in [2.24, 2.45) is 0 Å². The molecule has 1 aromatic rings. The van der Waals surface area contributed by atoms with Gasteiger partial charge < -0.3 is 4.74 Å². The first kappa shape index (κ1) is 16.0. The molecule has 2 rings (SSSR count). The highest BCUT2D eigenvalue weighted by molar-refractivity contribution is 6.44. The van der Waals surface area contributed by atoms with E-state index in [1.54, 1.807) is 13.8 Å². The molecule has 1 fully saturated rings. The summed E-state index contributed by atoms with van der Waals surface area (Å²) in [5.74, 6) is -0.846. The molecule has 118 valence electrons. The van der Waals surface area contributed by atoms with Crippen molar-refractivity contribution in [1.82, 2.24) is 9.80 Å². The predicted octanol–water partition coefficient (Wildman–Crippen LogP) is 1.88. The molecule has 22 heavy (non-hydrogen) atoms. The van der Waals surface area contributed by atoms with Crippen LogP contribution in [-0.2, 0) is 9.59 Å². The van der Waals surface area contributed by atoms with E-state index in [1.807, 2.05) is 32.0 Å². The maximum atomic E-state index is 12.1. The third-order valence-corrected chi connectivity index (χ3v) is 3.52. The minimum Gasteiger partial charge on any atom is -0.491 e. The van der Waals surface area contributed by atoms with Gasteiger partial charge in [0.2, 0.25) is 0 Å². The molecule has 1 aliphatic rings. The summed E-state index contributed by atoms with van der Waals surface area (Å²) < 4.78 is 5.63. The van der Waals surface area contributed by atoms with Crippen molar-refractivity contribution in [2.45, 2.75) is 33.7 Å². The van der Waals surface area contributed by atoms with Gasteiger partial charge in [-0.25, -0.2) is 4.79 Å². The van der Waals surface area contributed by atoms with Gasteiger partial charge in [-0.05, 0) is 44.9 Å². The number of urea groups is 1. The molecule has 0 aromatic heterocycles. The maximum Gasteiger partial charge on any atom is 0.334 e. The molecule has 0 spiro atoms. The Bertz CT molecular complexity index is 625. The Balaban J connectivity index is 2.00. The Hall–Kier alpha value is -2.37. The number of amides is 4. The Morgan fingerprint density at radius 3 is 2.36 bits per heavy atom. The summed E-state index contributed by atoms with van der Waals surface area (Å²) in [7, 11) is 0. The standard InChI is InChI=1S/C16H20N2O4/c1-10(2)18-15(20)14(19)17(16(18)21)7-8-22-13-9-11(3)5-6-12(13)4/h5-6,9-10H,7-8H2,1-4H3. The van der Waals surface area contributed by atoms with Crippen molar-refractivity contribution >= 4 is 17.8 Å². The van der Waals surface area contributed by atoms with Crippen LogP contribution in [0.4, 0.5) is 4.79 Å². The summed E-state index contributed by atoms with van der Waals surface area (Å²) >= 11 is 0. The Morgan fingerprint density at radius 2 is 1.77 bits per heavy atom. The number of rotatable bonds is 5. The monoisotopic (exact) mass is 304 g/mol. The summed E-state index contributed by atoms with van der Waals surface area (Å²) in [6, 6.07) is 4.91. The summed E-state index contributed by atoms with van der Waals surface area (Å²) in [5, 5.41) is 0. The molecule has 0 unspecified atom stereocenters. The van der Waals surface area contributed by atoms with Gasteiger partial charge in [0.25, 0.3) is 0 Å². The van der Waals surface area contributed by atoms with Crippen LogP contribution in [0, 0.1) is 13.8 Å². The van der Waals surface area contributed by atoms with E-state index < -0.39 is 17.8 Å². The van der Waals surface area contributed by atoms with Crippen molar-refractivity contribution in [3.63, 3.8) is 0 Å². The van der Waals surface area contributed by atoms with Crippen LogP contribution in [0.1, 0.15) is 25.0 Å². The lowest BCUT2D eigenvalue weighted by atomic mass is 10.1. The van der Waals surface area contributed by atoms with Gasteiger partial charge >= 0.3 is 17.8 Å². The molecule has 0 bridgehead atoms. The van der Waals surface area contributed by atoms with Gasteiger partial charge in [-0.15, -0.1) is 0 Å². The quantitative estimate of drug-likeness (QED) is 0.615. The first-order chi connectivity index (χ1) is 10.3. The maximum absolute atomic E-state index is 12.1. The number of aryl methyl sites for hydroxylation is 2. The van der Waals surface area contributed by atoms with Gasteiger partial charge in [0.1, 0.15) is 12.4 Å². The number of benzene rings is 1. The van der Waals surface area contributed by atoms with E-state index in [1.165, 1.54) is 0 Å². The van der Waals surface area contributed by atoms with Crippen LogP contribution in [0.5, 0.6) is 5.75 Å².